The molecule has 0 aromatic heterocycles. The number of aliphatic hydroxyl groups is 1. The van der Waals surface area contributed by atoms with Gasteiger partial charge < -0.3 is 5.11 Å². The van der Waals surface area contributed by atoms with Gasteiger partial charge in [-0.25, -0.2) is 0 Å². The first-order valence-corrected chi connectivity index (χ1v) is 7.09. The molecule has 1 N–H and O–H groups in total. The van der Waals surface area contributed by atoms with Gasteiger partial charge in [0, 0.05) is 12.1 Å². The van der Waals surface area contributed by atoms with E-state index in [-0.39, 0.29) is 6.10 Å². The summed E-state index contributed by atoms with van der Waals surface area (Å²) in [6.45, 7) is 7.77. The molecule has 3 unspecified atom stereocenters. The molecule has 1 aliphatic heterocycles. The topological polar surface area (TPSA) is 23.5 Å². The Morgan fingerprint density at radius 2 is 2.00 bits per heavy atom. The molecule has 1 heterocycles. The minimum Gasteiger partial charge on any atom is -0.393 e. The third kappa shape index (κ3) is 4.42. The molecule has 2 heteroatoms. The Labute approximate surface area is 101 Å². The Morgan fingerprint density at radius 3 is 2.62 bits per heavy atom. The maximum Gasteiger partial charge on any atom is 0.0527 e. The molecule has 0 aliphatic carbocycles. The highest BCUT2D eigenvalue weighted by Crippen LogP contribution is 2.24. The molecule has 3 atom stereocenters. The third-order valence-corrected chi connectivity index (χ3v) is 3.81. The van der Waals surface area contributed by atoms with Gasteiger partial charge in [0.25, 0.3) is 0 Å². The van der Waals surface area contributed by atoms with Gasteiger partial charge in [-0.3, -0.25) is 4.90 Å². The van der Waals surface area contributed by atoms with Gasteiger partial charge in [0.2, 0.25) is 0 Å². The molecule has 2 nitrogen and oxygen atoms in total. The van der Waals surface area contributed by atoms with Gasteiger partial charge in [0.1, 0.15) is 0 Å². The van der Waals surface area contributed by atoms with Crippen molar-refractivity contribution in [3.8, 4) is 0 Å². The lowest BCUT2D eigenvalue weighted by Crippen LogP contribution is -2.42. The molecule has 1 rings (SSSR count). The Morgan fingerprint density at radius 1 is 1.25 bits per heavy atom. The van der Waals surface area contributed by atoms with Crippen LogP contribution < -0.4 is 0 Å². The summed E-state index contributed by atoms with van der Waals surface area (Å²) in [4.78, 5) is 2.66. The highest BCUT2D eigenvalue weighted by Gasteiger charge is 2.25. The lowest BCUT2D eigenvalue weighted by Gasteiger charge is -2.36. The zero-order chi connectivity index (χ0) is 12.0. The fourth-order valence-corrected chi connectivity index (χ4v) is 3.01. The fraction of sp³-hybridized carbons (Fsp3) is 1.00. The molecule has 1 saturated heterocycles. The van der Waals surface area contributed by atoms with E-state index in [1.807, 2.05) is 6.92 Å². The lowest BCUT2D eigenvalue weighted by molar-refractivity contribution is 0.0847. The Balaban J connectivity index is 2.57. The van der Waals surface area contributed by atoms with Gasteiger partial charge in [-0.1, -0.05) is 26.2 Å². The summed E-state index contributed by atoms with van der Waals surface area (Å²) in [5, 5.41) is 9.60. The summed E-state index contributed by atoms with van der Waals surface area (Å²) in [6, 6.07) is 1.30. The Kier molecular flexibility index (Phi) is 6.37. The Hall–Kier alpha value is -0.0800. The van der Waals surface area contributed by atoms with E-state index in [0.717, 1.165) is 6.42 Å². The van der Waals surface area contributed by atoms with Crippen LogP contribution in [-0.2, 0) is 0 Å². The van der Waals surface area contributed by atoms with E-state index in [2.05, 4.69) is 18.7 Å². The normalized spacial score (nSPS) is 27.4. The number of hydrogen-bond donors (Lipinski definition) is 1. The van der Waals surface area contributed by atoms with Crippen molar-refractivity contribution in [2.24, 2.45) is 0 Å². The highest BCUT2D eigenvalue weighted by atomic mass is 16.3. The van der Waals surface area contributed by atoms with Gasteiger partial charge in [-0.15, -0.1) is 0 Å². The van der Waals surface area contributed by atoms with Crippen LogP contribution in [0.1, 0.15) is 65.7 Å². The largest absolute Gasteiger partial charge is 0.393 e. The molecule has 0 radical (unpaired) electrons. The van der Waals surface area contributed by atoms with E-state index < -0.39 is 0 Å². The molecule has 0 aromatic rings. The zero-order valence-electron chi connectivity index (χ0n) is 11.3. The highest BCUT2D eigenvalue weighted by molar-refractivity contribution is 4.80. The van der Waals surface area contributed by atoms with Gasteiger partial charge >= 0.3 is 0 Å². The standard InChI is InChI=1S/C14H29NO/c1-4-8-12(2)15-10-7-5-6-9-14(15)11-13(3)16/h12-14,16H,4-11H2,1-3H3. The van der Waals surface area contributed by atoms with E-state index in [1.165, 1.54) is 45.1 Å². The van der Waals surface area contributed by atoms with Crippen molar-refractivity contribution >= 4 is 0 Å². The minimum absolute atomic E-state index is 0.153. The average molecular weight is 227 g/mol. The molecule has 96 valence electrons. The van der Waals surface area contributed by atoms with Crippen molar-refractivity contribution in [1.29, 1.82) is 0 Å². The number of nitrogens with zero attached hydrogens (tertiary/aromatic N) is 1. The van der Waals surface area contributed by atoms with E-state index in [0.29, 0.717) is 12.1 Å². The third-order valence-electron chi connectivity index (χ3n) is 3.81. The second-order valence-electron chi connectivity index (χ2n) is 5.46. The summed E-state index contributed by atoms with van der Waals surface area (Å²) in [5.74, 6) is 0. The van der Waals surface area contributed by atoms with Crippen molar-refractivity contribution in [1.82, 2.24) is 4.90 Å². The SMILES string of the molecule is CCCC(C)N1CCCCCC1CC(C)O. The van der Waals surface area contributed by atoms with Crippen LogP contribution in [0.4, 0.5) is 0 Å². The van der Waals surface area contributed by atoms with Gasteiger partial charge in [0.05, 0.1) is 6.10 Å². The van der Waals surface area contributed by atoms with Crippen LogP contribution in [0.25, 0.3) is 0 Å². The van der Waals surface area contributed by atoms with Gasteiger partial charge in [0.15, 0.2) is 0 Å². The van der Waals surface area contributed by atoms with Crippen LogP contribution in [0.2, 0.25) is 0 Å². The number of likely N-dealkylation sites (tertiary alicyclic amines) is 1. The van der Waals surface area contributed by atoms with Crippen LogP contribution in [0, 0.1) is 0 Å². The monoisotopic (exact) mass is 227 g/mol. The summed E-state index contributed by atoms with van der Waals surface area (Å²) in [6.07, 6.45) is 8.67. The molecule has 1 aliphatic rings. The number of aliphatic hydroxyl groups excluding tert-OH is 1. The van der Waals surface area contributed by atoms with E-state index >= 15 is 0 Å². The van der Waals surface area contributed by atoms with Crippen molar-refractivity contribution in [3.63, 3.8) is 0 Å². The second-order valence-corrected chi connectivity index (χ2v) is 5.46. The van der Waals surface area contributed by atoms with E-state index in [1.54, 1.807) is 0 Å². The molecule has 1 fully saturated rings. The van der Waals surface area contributed by atoms with Crippen LogP contribution in [-0.4, -0.2) is 34.7 Å². The summed E-state index contributed by atoms with van der Waals surface area (Å²) < 4.78 is 0. The molecule has 0 bridgehead atoms. The lowest BCUT2D eigenvalue weighted by atomic mass is 10.0. The van der Waals surface area contributed by atoms with Gasteiger partial charge in [-0.05, 0) is 46.1 Å². The van der Waals surface area contributed by atoms with Crippen LogP contribution in [0.3, 0.4) is 0 Å². The predicted octanol–water partition coefficient (Wildman–Crippen LogP) is 3.19. The number of hydrogen-bond acceptors (Lipinski definition) is 2. The average Bonchev–Trinajstić information content (AvgIpc) is 2.43. The molecular formula is C14H29NO. The molecule has 0 saturated carbocycles. The van der Waals surface area contributed by atoms with Crippen molar-refractivity contribution < 1.29 is 5.11 Å². The quantitative estimate of drug-likeness (QED) is 0.779. The van der Waals surface area contributed by atoms with Crippen LogP contribution in [0.15, 0.2) is 0 Å². The molecule has 16 heavy (non-hydrogen) atoms. The Bertz CT molecular complexity index is 182. The predicted molar refractivity (Wildman–Crippen MR) is 69.6 cm³/mol. The minimum atomic E-state index is -0.153. The smallest absolute Gasteiger partial charge is 0.0527 e. The van der Waals surface area contributed by atoms with Crippen molar-refractivity contribution in [3.05, 3.63) is 0 Å². The molecule has 0 spiro atoms. The van der Waals surface area contributed by atoms with Gasteiger partial charge in [-0.2, -0.15) is 0 Å². The van der Waals surface area contributed by atoms with E-state index in [4.69, 9.17) is 0 Å². The maximum atomic E-state index is 9.60. The van der Waals surface area contributed by atoms with Crippen LogP contribution >= 0.6 is 0 Å². The van der Waals surface area contributed by atoms with E-state index in [9.17, 15) is 5.11 Å². The number of rotatable bonds is 5. The summed E-state index contributed by atoms with van der Waals surface area (Å²) in [7, 11) is 0. The molecule has 0 amide bonds. The van der Waals surface area contributed by atoms with Crippen molar-refractivity contribution in [2.45, 2.75) is 83.9 Å². The van der Waals surface area contributed by atoms with Crippen molar-refractivity contribution in [2.75, 3.05) is 6.54 Å². The fourth-order valence-electron chi connectivity index (χ4n) is 3.01. The summed E-state index contributed by atoms with van der Waals surface area (Å²) in [5.41, 5.74) is 0. The second kappa shape index (κ2) is 7.29. The first kappa shape index (κ1) is 14.0. The molecular weight excluding hydrogens is 198 g/mol. The zero-order valence-corrected chi connectivity index (χ0v) is 11.3. The molecule has 0 aromatic carbocycles. The maximum absolute atomic E-state index is 9.60. The first-order valence-electron chi connectivity index (χ1n) is 7.09. The summed E-state index contributed by atoms with van der Waals surface area (Å²) >= 11 is 0. The first-order chi connectivity index (χ1) is 7.65. The van der Waals surface area contributed by atoms with Crippen LogP contribution in [0.5, 0.6) is 0 Å².